The number of carbonyl (C=O) groups is 2. The average molecular weight is 314 g/mol. The smallest absolute Gasteiger partial charge is 0.228 e. The molecule has 1 aromatic carbocycles. The zero-order valence-electron chi connectivity index (χ0n) is 12.8. The Morgan fingerprint density at radius 3 is 2.57 bits per heavy atom. The Morgan fingerprint density at radius 1 is 1.38 bits per heavy atom. The fraction of sp³-hybridized carbons (Fsp3) is 0.467. The maximum Gasteiger partial charge on any atom is 0.228 e. The number of nitrogens with zero attached hydrogens (tertiary/aromatic N) is 1. The van der Waals surface area contributed by atoms with Crippen LogP contribution in [0.4, 0.5) is 5.69 Å². The predicted molar refractivity (Wildman–Crippen MR) is 87.3 cm³/mol. The highest BCUT2D eigenvalue weighted by atomic mass is 35.5. The van der Waals surface area contributed by atoms with E-state index in [0.717, 1.165) is 11.3 Å². The molecule has 0 radical (unpaired) electrons. The highest BCUT2D eigenvalue weighted by molar-refractivity contribution is 5.92. The van der Waals surface area contributed by atoms with Crippen molar-refractivity contribution >= 4 is 29.9 Å². The lowest BCUT2D eigenvalue weighted by atomic mass is 10.1. The molecule has 6 heteroatoms. The van der Waals surface area contributed by atoms with E-state index in [-0.39, 0.29) is 30.1 Å². The van der Waals surface area contributed by atoms with Gasteiger partial charge in [-0.1, -0.05) is 19.1 Å². The third kappa shape index (κ3) is 6.14. The molecular formula is C15H24ClN3O2. The van der Waals surface area contributed by atoms with Gasteiger partial charge in [0, 0.05) is 38.2 Å². The normalized spacial score (nSPS) is 11.2. The highest BCUT2D eigenvalue weighted by Gasteiger charge is 2.11. The van der Waals surface area contributed by atoms with Crippen molar-refractivity contribution in [1.82, 2.24) is 4.90 Å². The summed E-state index contributed by atoms with van der Waals surface area (Å²) in [5.74, 6) is -0.273. The Labute approximate surface area is 132 Å². The van der Waals surface area contributed by atoms with E-state index in [1.807, 2.05) is 31.2 Å². The van der Waals surface area contributed by atoms with Crippen LogP contribution in [0.25, 0.3) is 0 Å². The predicted octanol–water partition coefficient (Wildman–Crippen LogP) is 2.01. The van der Waals surface area contributed by atoms with Gasteiger partial charge in [0.05, 0.1) is 0 Å². The largest absolute Gasteiger partial charge is 0.339 e. The molecule has 0 aliphatic rings. The van der Waals surface area contributed by atoms with Crippen LogP contribution in [0.5, 0.6) is 0 Å². The van der Waals surface area contributed by atoms with Crippen molar-refractivity contribution in [2.75, 3.05) is 18.4 Å². The first-order valence-electron chi connectivity index (χ1n) is 6.83. The first-order valence-corrected chi connectivity index (χ1v) is 6.83. The molecule has 2 amide bonds. The number of nitrogens with two attached hydrogens (primary N) is 1. The second-order valence-electron chi connectivity index (χ2n) is 4.86. The van der Waals surface area contributed by atoms with Crippen LogP contribution in [0.3, 0.4) is 0 Å². The summed E-state index contributed by atoms with van der Waals surface area (Å²) in [6, 6.07) is 7.51. The number of anilines is 1. The second-order valence-corrected chi connectivity index (χ2v) is 4.86. The number of rotatable bonds is 6. The minimum Gasteiger partial charge on any atom is -0.339 e. The van der Waals surface area contributed by atoms with Gasteiger partial charge in [-0.25, -0.2) is 0 Å². The molecule has 0 saturated heterocycles. The van der Waals surface area contributed by atoms with E-state index in [2.05, 4.69) is 5.32 Å². The lowest BCUT2D eigenvalue weighted by molar-refractivity contribution is -0.129. The average Bonchev–Trinajstić information content (AvgIpc) is 2.43. The Bertz CT molecular complexity index is 480. The van der Waals surface area contributed by atoms with Crippen molar-refractivity contribution in [2.24, 2.45) is 11.7 Å². The molecule has 0 aliphatic carbocycles. The molecule has 3 N–H and O–H groups in total. The molecule has 1 rings (SSSR count). The van der Waals surface area contributed by atoms with Gasteiger partial charge >= 0.3 is 0 Å². The van der Waals surface area contributed by atoms with Gasteiger partial charge in [0.15, 0.2) is 0 Å². The number of hydrogen-bond acceptors (Lipinski definition) is 3. The van der Waals surface area contributed by atoms with E-state index in [4.69, 9.17) is 5.73 Å². The second kappa shape index (κ2) is 9.37. The van der Waals surface area contributed by atoms with Crippen LogP contribution in [0, 0.1) is 5.92 Å². The van der Waals surface area contributed by atoms with E-state index in [0.29, 0.717) is 19.6 Å². The first kappa shape index (κ1) is 19.4. The van der Waals surface area contributed by atoms with Crippen LogP contribution in [-0.4, -0.2) is 29.8 Å². The molecule has 21 heavy (non-hydrogen) atoms. The Balaban J connectivity index is 0.00000400. The SMILES string of the molecule is CCN(Cc1cccc(NC(=O)C(C)CN)c1)C(C)=O.Cl. The highest BCUT2D eigenvalue weighted by Crippen LogP contribution is 2.14. The van der Waals surface area contributed by atoms with Gasteiger partial charge < -0.3 is 16.0 Å². The molecule has 1 aromatic rings. The van der Waals surface area contributed by atoms with Crippen molar-refractivity contribution in [2.45, 2.75) is 27.3 Å². The standard InChI is InChI=1S/C15H23N3O2.ClH/c1-4-18(12(3)19)10-13-6-5-7-14(8-13)17-15(20)11(2)9-16;/h5-8,11H,4,9-10,16H2,1-3H3,(H,17,20);1H. The molecule has 0 heterocycles. The molecule has 0 saturated carbocycles. The molecule has 5 nitrogen and oxygen atoms in total. The van der Waals surface area contributed by atoms with Gasteiger partial charge in [0.25, 0.3) is 0 Å². The van der Waals surface area contributed by atoms with E-state index in [9.17, 15) is 9.59 Å². The Kier molecular flexibility index (Phi) is 8.66. The van der Waals surface area contributed by atoms with Crippen LogP contribution >= 0.6 is 12.4 Å². The van der Waals surface area contributed by atoms with Gasteiger partial charge in [0.1, 0.15) is 0 Å². The van der Waals surface area contributed by atoms with Crippen LogP contribution in [0.1, 0.15) is 26.3 Å². The van der Waals surface area contributed by atoms with Gasteiger partial charge in [-0.15, -0.1) is 12.4 Å². The fourth-order valence-electron chi connectivity index (χ4n) is 1.79. The van der Waals surface area contributed by atoms with Crippen molar-refractivity contribution in [3.63, 3.8) is 0 Å². The summed E-state index contributed by atoms with van der Waals surface area (Å²) in [5.41, 5.74) is 7.18. The van der Waals surface area contributed by atoms with Crippen molar-refractivity contribution in [3.8, 4) is 0 Å². The van der Waals surface area contributed by atoms with E-state index in [1.54, 1.807) is 18.7 Å². The Hall–Kier alpha value is -1.59. The van der Waals surface area contributed by atoms with Crippen LogP contribution < -0.4 is 11.1 Å². The van der Waals surface area contributed by atoms with Gasteiger partial charge in [-0.3, -0.25) is 9.59 Å². The third-order valence-electron chi connectivity index (χ3n) is 3.20. The zero-order chi connectivity index (χ0) is 15.1. The number of hydrogen-bond donors (Lipinski definition) is 2. The van der Waals surface area contributed by atoms with Crippen molar-refractivity contribution in [3.05, 3.63) is 29.8 Å². The number of amides is 2. The minimum atomic E-state index is -0.219. The molecule has 1 atom stereocenters. The maximum absolute atomic E-state index is 11.8. The van der Waals surface area contributed by atoms with Gasteiger partial charge in [0.2, 0.25) is 11.8 Å². The third-order valence-corrected chi connectivity index (χ3v) is 3.20. The number of benzene rings is 1. The minimum absolute atomic E-state index is 0. The molecule has 0 spiro atoms. The molecule has 1 unspecified atom stereocenters. The van der Waals surface area contributed by atoms with Crippen LogP contribution in [0.15, 0.2) is 24.3 Å². The van der Waals surface area contributed by atoms with E-state index >= 15 is 0 Å². The fourth-order valence-corrected chi connectivity index (χ4v) is 1.79. The molecule has 0 fully saturated rings. The number of carbonyl (C=O) groups excluding carboxylic acids is 2. The summed E-state index contributed by atoms with van der Waals surface area (Å²) in [6.45, 7) is 6.80. The van der Waals surface area contributed by atoms with E-state index < -0.39 is 0 Å². The molecule has 0 bridgehead atoms. The lowest BCUT2D eigenvalue weighted by Gasteiger charge is -2.19. The Morgan fingerprint density at radius 2 is 2.05 bits per heavy atom. The van der Waals surface area contributed by atoms with Crippen LogP contribution in [0.2, 0.25) is 0 Å². The molecule has 0 aromatic heterocycles. The summed E-state index contributed by atoms with van der Waals surface area (Å²) in [6.07, 6.45) is 0. The molecule has 118 valence electrons. The summed E-state index contributed by atoms with van der Waals surface area (Å²) < 4.78 is 0. The van der Waals surface area contributed by atoms with Crippen LogP contribution in [-0.2, 0) is 16.1 Å². The van der Waals surface area contributed by atoms with E-state index in [1.165, 1.54) is 0 Å². The summed E-state index contributed by atoms with van der Waals surface area (Å²) in [4.78, 5) is 24.9. The van der Waals surface area contributed by atoms with Gasteiger partial charge in [-0.2, -0.15) is 0 Å². The monoisotopic (exact) mass is 313 g/mol. The summed E-state index contributed by atoms with van der Waals surface area (Å²) >= 11 is 0. The molecular weight excluding hydrogens is 290 g/mol. The van der Waals surface area contributed by atoms with Crippen molar-refractivity contribution < 1.29 is 9.59 Å². The number of halogens is 1. The first-order chi connectivity index (χ1) is 9.47. The zero-order valence-corrected chi connectivity index (χ0v) is 13.6. The summed E-state index contributed by atoms with van der Waals surface area (Å²) in [5, 5.41) is 2.83. The van der Waals surface area contributed by atoms with Gasteiger partial charge in [-0.05, 0) is 24.6 Å². The quantitative estimate of drug-likeness (QED) is 0.843. The topological polar surface area (TPSA) is 75.4 Å². The lowest BCUT2D eigenvalue weighted by Crippen LogP contribution is -2.28. The number of nitrogens with one attached hydrogen (secondary N) is 1. The van der Waals surface area contributed by atoms with Crippen molar-refractivity contribution in [1.29, 1.82) is 0 Å². The molecule has 0 aliphatic heterocycles. The summed E-state index contributed by atoms with van der Waals surface area (Å²) in [7, 11) is 0. The maximum atomic E-state index is 11.8.